The van der Waals surface area contributed by atoms with Crippen molar-refractivity contribution in [3.8, 4) is 33.4 Å². The van der Waals surface area contributed by atoms with Gasteiger partial charge in [-0.1, -0.05) is 139 Å². The summed E-state index contributed by atoms with van der Waals surface area (Å²) < 4.78 is 162. The van der Waals surface area contributed by atoms with E-state index >= 15 is 0 Å². The van der Waals surface area contributed by atoms with Gasteiger partial charge in [0.2, 0.25) is 0 Å². The van der Waals surface area contributed by atoms with Crippen LogP contribution in [0.2, 0.25) is 0 Å². The first-order valence-corrected chi connectivity index (χ1v) is 13.9. The second-order valence-corrected chi connectivity index (χ2v) is 10.7. The van der Waals surface area contributed by atoms with Crippen LogP contribution in [0.5, 0.6) is 0 Å². The lowest BCUT2D eigenvalue weighted by Gasteiger charge is -2.18. The van der Waals surface area contributed by atoms with E-state index in [0.717, 1.165) is 0 Å². The number of benzene rings is 10. The Kier molecular flexibility index (Phi) is 2.52. The van der Waals surface area contributed by atoms with Crippen molar-refractivity contribution < 1.29 is 24.7 Å². The minimum atomic E-state index is -0.600. The SMILES string of the molecule is [2H]c1c([2H])c2c([2H])c([2H])c3c([2H])c([2H])c(-c4cc(-c5ccccc5)cc(-c5c([2H])c([2H])c6c([2H])c([2H])c7c([2H])c([2H])c([2H])c8c([2H])c([2H])c5c6c78)c4)c4c([2H])c([2H])c(c1[2H])c2c34. The molecule has 0 aliphatic heterocycles. The first-order valence-electron chi connectivity index (χ1n) is 22.9. The second-order valence-electron chi connectivity index (χ2n) is 10.7. The van der Waals surface area contributed by atoms with Gasteiger partial charge in [-0.05, 0) is 116 Å². The first-order chi connectivity index (χ1) is 29.3. The van der Waals surface area contributed by atoms with E-state index in [-0.39, 0.29) is 86.9 Å². The van der Waals surface area contributed by atoms with E-state index in [9.17, 15) is 8.22 Å². The van der Waals surface area contributed by atoms with Crippen molar-refractivity contribution in [2.45, 2.75) is 0 Å². The quantitative estimate of drug-likeness (QED) is 0.185. The maximum absolute atomic E-state index is 9.48. The summed E-state index contributed by atoms with van der Waals surface area (Å²) in [5.74, 6) is 0. The first kappa shape index (κ1) is 12.5. The summed E-state index contributed by atoms with van der Waals surface area (Å²) >= 11 is 0. The Morgan fingerprint density at radius 1 is 0.318 bits per heavy atom. The van der Waals surface area contributed by atoms with Gasteiger partial charge >= 0.3 is 0 Å². The molecule has 0 nitrogen and oxygen atoms in total. The molecule has 0 N–H and O–H groups in total. The molecular formula is C44H26. The lowest BCUT2D eigenvalue weighted by Crippen LogP contribution is -1.91. The van der Waals surface area contributed by atoms with E-state index in [1.54, 1.807) is 42.5 Å². The zero-order chi connectivity index (χ0) is 44.4. The van der Waals surface area contributed by atoms with Crippen molar-refractivity contribution in [2.75, 3.05) is 0 Å². The normalized spacial score (nSPS) is 17.8. The van der Waals surface area contributed by atoms with Crippen molar-refractivity contribution in [1.29, 1.82) is 0 Å². The summed E-state index contributed by atoms with van der Waals surface area (Å²) in [6, 6.07) is 4.09. The van der Waals surface area contributed by atoms with E-state index in [1.807, 2.05) is 0 Å². The molecule has 10 rings (SSSR count). The summed E-state index contributed by atoms with van der Waals surface area (Å²) in [7, 11) is 0. The van der Waals surface area contributed by atoms with Crippen LogP contribution >= 0.6 is 0 Å². The molecule has 10 aromatic carbocycles. The van der Waals surface area contributed by atoms with Gasteiger partial charge in [-0.25, -0.2) is 0 Å². The highest BCUT2D eigenvalue weighted by Crippen LogP contribution is 2.44. The molecule has 0 aliphatic carbocycles. The van der Waals surface area contributed by atoms with Gasteiger partial charge in [-0.15, -0.1) is 0 Å². The van der Waals surface area contributed by atoms with Crippen molar-refractivity contribution in [1.82, 2.24) is 0 Å². The second kappa shape index (κ2) is 8.89. The molecule has 202 valence electrons. The van der Waals surface area contributed by atoms with Crippen LogP contribution in [-0.2, 0) is 0 Å². The molecule has 10 aromatic rings. The molecule has 0 amide bonds. The molecule has 0 saturated heterocycles. The Balaban J connectivity index is 1.44. The van der Waals surface area contributed by atoms with Crippen LogP contribution in [-0.4, -0.2) is 0 Å². The van der Waals surface area contributed by atoms with Crippen LogP contribution in [0.4, 0.5) is 0 Å². The Morgan fingerprint density at radius 2 is 0.705 bits per heavy atom. The standard InChI is InChI=1S/C44H26/c1-2-6-27(7-3-1)34-24-35(37-20-16-32-14-12-28-8-4-10-30-18-22-39(37)43(32)41(28)30)26-36(25-34)38-21-17-33-15-13-29-9-5-11-31-19-23-40(38)44(33)42(29)31/h1-26H/i4D,5D,8D,9D,10D,11D,12D,13D,14D,15D,16D,17D,18D,19D,20D,21D,22D,23D. The van der Waals surface area contributed by atoms with E-state index in [1.165, 1.54) is 6.07 Å². The monoisotopic (exact) mass is 572 g/mol. The van der Waals surface area contributed by atoms with Crippen LogP contribution in [0.25, 0.3) is 98.0 Å². The summed E-state index contributed by atoms with van der Waals surface area (Å²) in [6.07, 6.45) is 0. The molecule has 0 atom stereocenters. The fraction of sp³-hybridized carbons (Fsp3) is 0. The highest BCUT2D eigenvalue weighted by atomic mass is 14.2. The van der Waals surface area contributed by atoms with Crippen molar-refractivity contribution in [3.05, 3.63) is 157 Å². The van der Waals surface area contributed by atoms with Crippen molar-refractivity contribution in [3.63, 3.8) is 0 Å². The zero-order valence-electron chi connectivity index (χ0n) is 40.6. The van der Waals surface area contributed by atoms with Gasteiger partial charge in [0.25, 0.3) is 0 Å². The average molecular weight is 573 g/mol. The molecule has 0 aliphatic rings. The highest BCUT2D eigenvalue weighted by Gasteiger charge is 2.16. The third-order valence-corrected chi connectivity index (χ3v) is 8.24. The maximum Gasteiger partial charge on any atom is 0.0630 e. The number of hydrogen-bond acceptors (Lipinski definition) is 0. The summed E-state index contributed by atoms with van der Waals surface area (Å²) in [4.78, 5) is 0. The molecule has 0 heterocycles. The fourth-order valence-electron chi connectivity index (χ4n) is 6.27. The van der Waals surface area contributed by atoms with Crippen molar-refractivity contribution >= 4 is 64.6 Å². The van der Waals surface area contributed by atoms with Gasteiger partial charge in [-0.2, -0.15) is 0 Å². The smallest absolute Gasteiger partial charge is 0.0622 e. The van der Waals surface area contributed by atoms with Crippen LogP contribution < -0.4 is 0 Å². The highest BCUT2D eigenvalue weighted by molar-refractivity contribution is 6.27. The Bertz CT molecular complexity index is 3440. The minimum Gasteiger partial charge on any atom is -0.0622 e. The molecule has 0 spiro atoms. The topological polar surface area (TPSA) is 0 Å². The van der Waals surface area contributed by atoms with Gasteiger partial charge in [0.1, 0.15) is 0 Å². The Hall–Kier alpha value is -5.72. The number of rotatable bonds is 3. The molecule has 0 saturated carbocycles. The largest absolute Gasteiger partial charge is 0.0630 e. The Labute approximate surface area is 280 Å². The molecule has 0 heteroatoms. The summed E-state index contributed by atoms with van der Waals surface area (Å²) in [6.45, 7) is 0. The van der Waals surface area contributed by atoms with Gasteiger partial charge in [0.15, 0.2) is 0 Å². The van der Waals surface area contributed by atoms with Crippen LogP contribution in [0.1, 0.15) is 24.7 Å². The fourth-order valence-corrected chi connectivity index (χ4v) is 6.27. The van der Waals surface area contributed by atoms with Gasteiger partial charge in [0, 0.05) is 0 Å². The van der Waals surface area contributed by atoms with Crippen molar-refractivity contribution in [2.24, 2.45) is 0 Å². The van der Waals surface area contributed by atoms with Crippen LogP contribution in [0.3, 0.4) is 0 Å². The molecule has 44 heavy (non-hydrogen) atoms. The summed E-state index contributed by atoms with van der Waals surface area (Å²) in [5.41, 5.74) is 1.19. The molecule has 0 fully saturated rings. The Morgan fingerprint density at radius 3 is 1.18 bits per heavy atom. The average Bonchev–Trinajstić information content (AvgIpc) is 3.25. The van der Waals surface area contributed by atoms with E-state index in [0.29, 0.717) is 11.1 Å². The molecule has 0 aromatic heterocycles. The maximum atomic E-state index is 9.48. The third-order valence-electron chi connectivity index (χ3n) is 8.24. The molecule has 0 bridgehead atoms. The lowest BCUT2D eigenvalue weighted by molar-refractivity contribution is 1.59. The van der Waals surface area contributed by atoms with Crippen LogP contribution in [0.15, 0.2) is 157 Å². The predicted molar refractivity (Wildman–Crippen MR) is 190 cm³/mol. The molecule has 0 radical (unpaired) electrons. The predicted octanol–water partition coefficient (Wildman–Crippen LogP) is 12.5. The molecule has 0 unspecified atom stereocenters. The third kappa shape index (κ3) is 3.34. The van der Waals surface area contributed by atoms with E-state index < -0.39 is 109 Å². The summed E-state index contributed by atoms with van der Waals surface area (Å²) in [5, 5.41) is -1.53. The van der Waals surface area contributed by atoms with Gasteiger partial charge < -0.3 is 0 Å². The van der Waals surface area contributed by atoms with E-state index in [2.05, 4.69) is 0 Å². The molecular weight excluding hydrogens is 528 g/mol. The number of hydrogen-bond donors (Lipinski definition) is 0. The van der Waals surface area contributed by atoms with Crippen LogP contribution in [0, 0.1) is 0 Å². The van der Waals surface area contributed by atoms with Gasteiger partial charge in [0.05, 0.1) is 24.7 Å². The lowest BCUT2D eigenvalue weighted by atomic mass is 9.86. The zero-order valence-corrected chi connectivity index (χ0v) is 22.6. The van der Waals surface area contributed by atoms with Gasteiger partial charge in [-0.3, -0.25) is 0 Å². The van der Waals surface area contributed by atoms with E-state index in [4.69, 9.17) is 16.4 Å². The minimum absolute atomic E-state index is 0.00774.